The van der Waals surface area contributed by atoms with E-state index in [0.717, 1.165) is 25.7 Å². The molecule has 5 nitrogen and oxygen atoms in total. The van der Waals surface area contributed by atoms with Gasteiger partial charge in [-0.3, -0.25) is 4.79 Å². The molecule has 3 N–H and O–H groups in total. The van der Waals surface area contributed by atoms with Crippen molar-refractivity contribution in [3.8, 4) is 0 Å². The van der Waals surface area contributed by atoms with Gasteiger partial charge in [0, 0.05) is 6.04 Å². The molecule has 0 bridgehead atoms. The third-order valence-corrected chi connectivity index (χ3v) is 3.64. The van der Waals surface area contributed by atoms with E-state index < -0.39 is 0 Å². The third-order valence-electron chi connectivity index (χ3n) is 2.85. The summed E-state index contributed by atoms with van der Waals surface area (Å²) in [6.45, 7) is 0. The zero-order valence-electron chi connectivity index (χ0n) is 8.74. The summed E-state index contributed by atoms with van der Waals surface area (Å²) in [7, 11) is 0. The summed E-state index contributed by atoms with van der Waals surface area (Å²) in [5, 5.41) is 18.8. The second-order valence-electron chi connectivity index (χ2n) is 4.08. The highest BCUT2D eigenvalue weighted by Crippen LogP contribution is 2.24. The Bertz CT molecular complexity index is 413. The maximum Gasteiger partial charge on any atom is 0.280 e. The van der Waals surface area contributed by atoms with Crippen molar-refractivity contribution in [1.82, 2.24) is 10.2 Å². The maximum absolute atomic E-state index is 11.3. The number of halogens is 1. The summed E-state index contributed by atoms with van der Waals surface area (Å²) in [5.41, 5.74) is 0.478. The fraction of sp³-hybridized carbons (Fsp3) is 0.600. The molecule has 0 aromatic carbocycles. The zero-order valence-corrected chi connectivity index (χ0v) is 10.3. The molecule has 0 amide bonds. The number of aliphatic hydroxyl groups excluding tert-OH is 1. The monoisotopic (exact) mass is 287 g/mol. The number of nitrogens with zero attached hydrogens (tertiary/aromatic N) is 1. The van der Waals surface area contributed by atoms with E-state index in [2.05, 4.69) is 31.4 Å². The van der Waals surface area contributed by atoms with Crippen LogP contribution in [-0.2, 0) is 0 Å². The number of aromatic nitrogens is 2. The van der Waals surface area contributed by atoms with Crippen LogP contribution in [-0.4, -0.2) is 27.4 Å². The number of hydrogen-bond donors (Lipinski definition) is 3. The Balaban J connectivity index is 2.04. The lowest BCUT2D eigenvalue weighted by Gasteiger charge is -2.27. The van der Waals surface area contributed by atoms with Gasteiger partial charge in [0.05, 0.1) is 18.0 Å². The van der Waals surface area contributed by atoms with E-state index in [1.165, 1.54) is 0 Å². The van der Waals surface area contributed by atoms with Crippen molar-refractivity contribution in [2.24, 2.45) is 0 Å². The van der Waals surface area contributed by atoms with Gasteiger partial charge < -0.3 is 10.4 Å². The van der Waals surface area contributed by atoms with E-state index in [-0.39, 0.29) is 11.7 Å². The molecule has 1 aliphatic carbocycles. The molecule has 0 aliphatic heterocycles. The lowest BCUT2D eigenvalue weighted by Crippen LogP contribution is -2.29. The Morgan fingerprint density at radius 1 is 1.44 bits per heavy atom. The van der Waals surface area contributed by atoms with Crippen LogP contribution in [0, 0.1) is 0 Å². The molecule has 0 saturated heterocycles. The Hall–Kier alpha value is -0.880. The van der Waals surface area contributed by atoms with Crippen LogP contribution in [0.3, 0.4) is 0 Å². The Kier molecular flexibility index (Phi) is 3.60. The number of rotatable bonds is 2. The first-order valence-corrected chi connectivity index (χ1v) is 6.14. The molecule has 1 saturated carbocycles. The minimum absolute atomic E-state index is 0.168. The number of anilines is 1. The van der Waals surface area contributed by atoms with Crippen LogP contribution < -0.4 is 10.9 Å². The van der Waals surface area contributed by atoms with Crippen molar-refractivity contribution in [1.29, 1.82) is 0 Å². The number of hydrogen-bond acceptors (Lipinski definition) is 4. The fourth-order valence-corrected chi connectivity index (χ4v) is 2.23. The van der Waals surface area contributed by atoms with Gasteiger partial charge in [-0.1, -0.05) is 0 Å². The number of H-pyrrole nitrogens is 1. The van der Waals surface area contributed by atoms with Gasteiger partial charge in [-0.15, -0.1) is 0 Å². The van der Waals surface area contributed by atoms with E-state index in [4.69, 9.17) is 0 Å². The van der Waals surface area contributed by atoms with Crippen LogP contribution in [0.5, 0.6) is 0 Å². The first-order chi connectivity index (χ1) is 7.66. The number of aliphatic hydroxyl groups is 1. The maximum atomic E-state index is 11.3. The summed E-state index contributed by atoms with van der Waals surface area (Å²) in [5.74, 6) is 0. The molecule has 1 fully saturated rings. The summed E-state index contributed by atoms with van der Waals surface area (Å²) < 4.78 is 0.480. The van der Waals surface area contributed by atoms with Crippen molar-refractivity contribution in [2.75, 3.05) is 5.32 Å². The van der Waals surface area contributed by atoms with Crippen molar-refractivity contribution in [3.63, 3.8) is 0 Å². The zero-order chi connectivity index (χ0) is 11.5. The normalized spacial score (nSPS) is 25.4. The molecule has 16 heavy (non-hydrogen) atoms. The van der Waals surface area contributed by atoms with Crippen LogP contribution in [0.25, 0.3) is 0 Å². The molecule has 0 unspecified atom stereocenters. The Morgan fingerprint density at radius 3 is 2.81 bits per heavy atom. The fourth-order valence-electron chi connectivity index (χ4n) is 1.92. The molecule has 1 heterocycles. The van der Waals surface area contributed by atoms with Gasteiger partial charge in [-0.05, 0) is 41.6 Å². The quantitative estimate of drug-likeness (QED) is 0.765. The van der Waals surface area contributed by atoms with Gasteiger partial charge in [0.25, 0.3) is 5.56 Å². The molecule has 6 heteroatoms. The molecule has 0 atom stereocenters. The molecular formula is C10H14BrN3O2. The van der Waals surface area contributed by atoms with Crippen LogP contribution in [0.15, 0.2) is 15.5 Å². The second-order valence-corrected chi connectivity index (χ2v) is 4.87. The van der Waals surface area contributed by atoms with Crippen LogP contribution in [0.2, 0.25) is 0 Å². The average molecular weight is 288 g/mol. The van der Waals surface area contributed by atoms with Gasteiger partial charge in [0.15, 0.2) is 0 Å². The SMILES string of the molecule is O=c1[nH]ncc(NC2CCC(O)CC2)c1Br. The molecule has 88 valence electrons. The highest BCUT2D eigenvalue weighted by atomic mass is 79.9. The van der Waals surface area contributed by atoms with Crippen LogP contribution in [0.4, 0.5) is 5.69 Å². The topological polar surface area (TPSA) is 78.0 Å². The largest absolute Gasteiger partial charge is 0.393 e. The van der Waals surface area contributed by atoms with E-state index in [1.54, 1.807) is 6.20 Å². The molecule has 0 spiro atoms. The van der Waals surface area contributed by atoms with Crippen molar-refractivity contribution < 1.29 is 5.11 Å². The predicted molar refractivity (Wildman–Crippen MR) is 64.4 cm³/mol. The summed E-state index contributed by atoms with van der Waals surface area (Å²) in [6.07, 6.45) is 4.88. The summed E-state index contributed by atoms with van der Waals surface area (Å²) in [4.78, 5) is 11.3. The molecule has 1 aliphatic rings. The first kappa shape index (κ1) is 11.6. The molecular weight excluding hydrogens is 274 g/mol. The minimum atomic E-state index is -0.235. The number of nitrogens with one attached hydrogen (secondary N) is 2. The van der Waals surface area contributed by atoms with Crippen molar-refractivity contribution in [3.05, 3.63) is 21.0 Å². The average Bonchev–Trinajstić information content (AvgIpc) is 2.28. The van der Waals surface area contributed by atoms with E-state index in [9.17, 15) is 9.90 Å². The predicted octanol–water partition coefficient (Wildman–Crippen LogP) is 1.25. The second kappa shape index (κ2) is 4.97. The lowest BCUT2D eigenvalue weighted by molar-refractivity contribution is 0.126. The van der Waals surface area contributed by atoms with Gasteiger partial charge in [0.2, 0.25) is 0 Å². The number of aromatic amines is 1. The van der Waals surface area contributed by atoms with Gasteiger partial charge in [-0.25, -0.2) is 5.10 Å². The highest BCUT2D eigenvalue weighted by Gasteiger charge is 2.20. The Morgan fingerprint density at radius 2 is 2.12 bits per heavy atom. The van der Waals surface area contributed by atoms with Crippen LogP contribution in [0.1, 0.15) is 25.7 Å². The van der Waals surface area contributed by atoms with E-state index >= 15 is 0 Å². The van der Waals surface area contributed by atoms with Crippen molar-refractivity contribution in [2.45, 2.75) is 37.8 Å². The summed E-state index contributed by atoms with van der Waals surface area (Å²) >= 11 is 3.22. The third kappa shape index (κ3) is 2.62. The van der Waals surface area contributed by atoms with Crippen LogP contribution >= 0.6 is 15.9 Å². The standard InChI is InChI=1S/C10H14BrN3O2/c11-9-8(5-12-14-10(9)16)13-6-1-3-7(15)4-2-6/h5-7,15H,1-4H2,(H2,13,14,16). The van der Waals surface area contributed by atoms with Gasteiger partial charge in [0.1, 0.15) is 4.47 Å². The highest BCUT2D eigenvalue weighted by molar-refractivity contribution is 9.10. The van der Waals surface area contributed by atoms with Gasteiger partial charge >= 0.3 is 0 Å². The smallest absolute Gasteiger partial charge is 0.280 e. The molecule has 2 rings (SSSR count). The van der Waals surface area contributed by atoms with Gasteiger partial charge in [-0.2, -0.15) is 5.10 Å². The molecule has 1 aromatic heterocycles. The first-order valence-electron chi connectivity index (χ1n) is 5.34. The molecule has 1 aromatic rings. The molecule has 0 radical (unpaired) electrons. The van der Waals surface area contributed by atoms with E-state index in [0.29, 0.717) is 16.2 Å². The Labute approximate surface area is 101 Å². The lowest BCUT2D eigenvalue weighted by atomic mass is 9.93. The van der Waals surface area contributed by atoms with E-state index in [1.807, 2.05) is 0 Å². The summed E-state index contributed by atoms with van der Waals surface area (Å²) in [6, 6.07) is 0.309. The minimum Gasteiger partial charge on any atom is -0.393 e. The van der Waals surface area contributed by atoms with Crippen molar-refractivity contribution >= 4 is 21.6 Å².